The number of hydrogen-bond donors (Lipinski definition) is 1. The number of benzene rings is 1. The Morgan fingerprint density at radius 2 is 2.40 bits per heavy atom. The van der Waals surface area contributed by atoms with Gasteiger partial charge in [0, 0.05) is 12.1 Å². The van der Waals surface area contributed by atoms with E-state index in [1.807, 2.05) is 0 Å². The van der Waals surface area contributed by atoms with Crippen molar-refractivity contribution in [2.75, 3.05) is 18.1 Å². The molecule has 1 amide bonds. The van der Waals surface area contributed by atoms with E-state index in [9.17, 15) is 14.3 Å². The monoisotopic (exact) mass is 281 g/mol. The second-order valence-electron chi connectivity index (χ2n) is 4.51. The Bertz CT molecular complexity index is 516. The molecule has 0 aromatic heterocycles. The maximum Gasteiger partial charge on any atom is 0.412 e. The topological polar surface area (TPSA) is 62.3 Å². The number of nitrogens with zero attached hydrogens (tertiary/aromatic N) is 1. The van der Waals surface area contributed by atoms with Gasteiger partial charge in [-0.2, -0.15) is 0 Å². The Kier molecular flexibility index (Phi) is 4.24. The lowest BCUT2D eigenvalue weighted by molar-refractivity contribution is 0.197. The predicted molar refractivity (Wildman–Crippen MR) is 71.8 cm³/mol. The molecular weight excluding hydrogens is 265 g/mol. The Labute approximate surface area is 116 Å². The van der Waals surface area contributed by atoms with Crippen LogP contribution >= 0.6 is 0 Å². The molecule has 0 radical (unpaired) electrons. The Morgan fingerprint density at radius 3 is 2.95 bits per heavy atom. The van der Waals surface area contributed by atoms with E-state index < -0.39 is 11.9 Å². The van der Waals surface area contributed by atoms with Crippen LogP contribution in [0, 0.1) is 5.82 Å². The van der Waals surface area contributed by atoms with Crippen LogP contribution in [0.5, 0.6) is 5.75 Å². The molecular formula is C14H16FNO4. The lowest BCUT2D eigenvalue weighted by atomic mass is 10.2. The highest BCUT2D eigenvalue weighted by molar-refractivity contribution is 5.87. The van der Waals surface area contributed by atoms with E-state index in [0.29, 0.717) is 6.61 Å². The number of hydrogen-bond acceptors (Lipinski definition) is 3. The van der Waals surface area contributed by atoms with E-state index in [1.54, 1.807) is 6.92 Å². The molecule has 0 bridgehead atoms. The third-order valence-electron chi connectivity index (χ3n) is 3.01. The molecule has 1 fully saturated rings. The van der Waals surface area contributed by atoms with Gasteiger partial charge < -0.3 is 14.6 Å². The normalized spacial score (nSPS) is 18.2. The summed E-state index contributed by atoms with van der Waals surface area (Å²) in [6.07, 6.45) is 0.223. The maximum atomic E-state index is 13.6. The molecule has 1 heterocycles. The number of rotatable bonds is 6. The van der Waals surface area contributed by atoms with Crippen molar-refractivity contribution >= 4 is 11.8 Å². The fraction of sp³-hybridized carbons (Fsp3) is 0.357. The van der Waals surface area contributed by atoms with Crippen molar-refractivity contribution in [3.05, 3.63) is 36.7 Å². The smallest absolute Gasteiger partial charge is 0.412 e. The largest absolute Gasteiger partial charge is 0.489 e. The standard InChI is InChI=1S/C14H16FNO4/c1-3-4-19-12-6-10(15)5-11(7-12)16(14(17)18)9(2)13-8-20-13/h3,5-7,9,13H,1,4,8H2,2H3,(H,17,18)/t9?,13-/m1/s1. The molecule has 5 nitrogen and oxygen atoms in total. The zero-order valence-electron chi connectivity index (χ0n) is 11.1. The molecule has 1 aliphatic rings. The lowest BCUT2D eigenvalue weighted by Crippen LogP contribution is -2.41. The average molecular weight is 281 g/mol. The highest BCUT2D eigenvalue weighted by atomic mass is 19.1. The first kappa shape index (κ1) is 14.3. The van der Waals surface area contributed by atoms with E-state index in [4.69, 9.17) is 9.47 Å². The maximum absolute atomic E-state index is 13.6. The summed E-state index contributed by atoms with van der Waals surface area (Å²) in [4.78, 5) is 12.5. The van der Waals surface area contributed by atoms with Gasteiger partial charge >= 0.3 is 6.09 Å². The van der Waals surface area contributed by atoms with Crippen LogP contribution in [0.3, 0.4) is 0 Å². The summed E-state index contributed by atoms with van der Waals surface area (Å²) in [6, 6.07) is 3.46. The minimum Gasteiger partial charge on any atom is -0.489 e. The van der Waals surface area contributed by atoms with Crippen molar-refractivity contribution in [1.82, 2.24) is 0 Å². The molecule has 1 unspecified atom stereocenters. The molecule has 0 spiro atoms. The van der Waals surface area contributed by atoms with Crippen LogP contribution < -0.4 is 9.64 Å². The molecule has 0 aliphatic carbocycles. The summed E-state index contributed by atoms with van der Waals surface area (Å²) in [5, 5.41) is 9.32. The average Bonchev–Trinajstić information content (AvgIpc) is 3.19. The van der Waals surface area contributed by atoms with Gasteiger partial charge in [-0.1, -0.05) is 12.7 Å². The van der Waals surface area contributed by atoms with Crippen LogP contribution in [0.4, 0.5) is 14.9 Å². The van der Waals surface area contributed by atoms with E-state index >= 15 is 0 Å². The summed E-state index contributed by atoms with van der Waals surface area (Å²) >= 11 is 0. The predicted octanol–water partition coefficient (Wildman–Crippen LogP) is 2.66. The van der Waals surface area contributed by atoms with Crippen LogP contribution in [0.2, 0.25) is 0 Å². The molecule has 20 heavy (non-hydrogen) atoms. The number of anilines is 1. The number of halogens is 1. The van der Waals surface area contributed by atoms with Gasteiger partial charge in [0.15, 0.2) is 0 Å². The first-order chi connectivity index (χ1) is 9.52. The number of amides is 1. The van der Waals surface area contributed by atoms with Crippen molar-refractivity contribution in [2.24, 2.45) is 0 Å². The Morgan fingerprint density at radius 1 is 1.70 bits per heavy atom. The van der Waals surface area contributed by atoms with E-state index in [0.717, 1.165) is 11.0 Å². The number of carboxylic acid groups (broad SMARTS) is 1. The molecule has 1 aromatic carbocycles. The molecule has 108 valence electrons. The third kappa shape index (κ3) is 3.27. The van der Waals surface area contributed by atoms with Gasteiger partial charge in [0.2, 0.25) is 0 Å². The second-order valence-corrected chi connectivity index (χ2v) is 4.51. The Balaban J connectivity index is 2.29. The molecule has 2 rings (SSSR count). The third-order valence-corrected chi connectivity index (χ3v) is 3.01. The van der Waals surface area contributed by atoms with Crippen molar-refractivity contribution in [1.29, 1.82) is 0 Å². The summed E-state index contributed by atoms with van der Waals surface area (Å²) in [5.74, 6) is -0.299. The summed E-state index contributed by atoms with van der Waals surface area (Å²) in [7, 11) is 0. The van der Waals surface area contributed by atoms with Gasteiger partial charge in [-0.3, -0.25) is 4.90 Å². The molecule has 1 aromatic rings. The second kappa shape index (κ2) is 5.92. The fourth-order valence-corrected chi connectivity index (χ4v) is 1.95. The first-order valence-electron chi connectivity index (χ1n) is 6.21. The number of ether oxygens (including phenoxy) is 2. The van der Waals surface area contributed by atoms with E-state index in [-0.39, 0.29) is 30.2 Å². The molecule has 0 saturated carbocycles. The number of carbonyl (C=O) groups is 1. The molecule has 6 heteroatoms. The van der Waals surface area contributed by atoms with Crippen LogP contribution in [-0.2, 0) is 4.74 Å². The van der Waals surface area contributed by atoms with Crippen molar-refractivity contribution < 1.29 is 23.8 Å². The molecule has 2 atom stereocenters. The van der Waals surface area contributed by atoms with Gasteiger partial charge in [0.25, 0.3) is 0 Å². The fourth-order valence-electron chi connectivity index (χ4n) is 1.95. The highest BCUT2D eigenvalue weighted by Crippen LogP contribution is 2.29. The minimum atomic E-state index is -1.16. The van der Waals surface area contributed by atoms with Crippen LogP contribution in [0.15, 0.2) is 30.9 Å². The zero-order chi connectivity index (χ0) is 14.7. The van der Waals surface area contributed by atoms with Crippen molar-refractivity contribution in [2.45, 2.75) is 19.1 Å². The van der Waals surface area contributed by atoms with E-state index in [2.05, 4.69) is 6.58 Å². The number of epoxide rings is 1. The summed E-state index contributed by atoms with van der Waals surface area (Å²) in [5.41, 5.74) is 0.222. The zero-order valence-corrected chi connectivity index (χ0v) is 11.1. The molecule has 1 saturated heterocycles. The summed E-state index contributed by atoms with van der Waals surface area (Å²) < 4.78 is 24.0. The van der Waals surface area contributed by atoms with Gasteiger partial charge in [0.05, 0.1) is 18.3 Å². The van der Waals surface area contributed by atoms with Gasteiger partial charge in [-0.05, 0) is 13.0 Å². The van der Waals surface area contributed by atoms with Crippen molar-refractivity contribution in [3.63, 3.8) is 0 Å². The highest BCUT2D eigenvalue weighted by Gasteiger charge is 2.37. The minimum absolute atomic E-state index is 0.146. The van der Waals surface area contributed by atoms with Crippen molar-refractivity contribution in [3.8, 4) is 5.75 Å². The van der Waals surface area contributed by atoms with Gasteiger partial charge in [-0.25, -0.2) is 9.18 Å². The van der Waals surface area contributed by atoms with Crippen LogP contribution in [0.25, 0.3) is 0 Å². The first-order valence-corrected chi connectivity index (χ1v) is 6.21. The molecule has 1 N–H and O–H groups in total. The summed E-state index contributed by atoms with van der Waals surface area (Å²) in [6.45, 7) is 5.96. The van der Waals surface area contributed by atoms with Crippen LogP contribution in [0.1, 0.15) is 6.92 Å². The van der Waals surface area contributed by atoms with Crippen LogP contribution in [-0.4, -0.2) is 36.6 Å². The van der Waals surface area contributed by atoms with Gasteiger partial charge in [-0.15, -0.1) is 0 Å². The SMILES string of the molecule is C=CCOc1cc(F)cc(N(C(=O)O)C(C)[C@H]2CO2)c1. The lowest BCUT2D eigenvalue weighted by Gasteiger charge is -2.25. The molecule has 1 aliphatic heterocycles. The van der Waals surface area contributed by atoms with E-state index in [1.165, 1.54) is 18.2 Å². The van der Waals surface area contributed by atoms with Gasteiger partial charge in [0.1, 0.15) is 24.3 Å². The quantitative estimate of drug-likeness (QED) is 0.643. The Hall–Kier alpha value is -2.08.